The summed E-state index contributed by atoms with van der Waals surface area (Å²) in [5.74, 6) is 1.79. The van der Waals surface area contributed by atoms with Crippen LogP contribution in [0, 0.1) is 11.3 Å². The van der Waals surface area contributed by atoms with Crippen LogP contribution in [0.5, 0.6) is 0 Å². The first-order valence-corrected chi connectivity index (χ1v) is 6.64. The second-order valence-corrected chi connectivity index (χ2v) is 5.72. The normalized spacial score (nSPS) is 18.8. The standard InChI is InChI=1S/C14H22N2O/c1-11(2)10-14(5-3-4-6-14)12(17)9-13-15-7-8-16-13/h7-8,11H,3-6,9-10H2,1-2H3,(H,15,16). The third-order valence-corrected chi connectivity index (χ3v) is 3.83. The smallest absolute Gasteiger partial charge is 0.146 e. The summed E-state index contributed by atoms with van der Waals surface area (Å²) in [4.78, 5) is 19.7. The number of nitrogens with one attached hydrogen (secondary N) is 1. The first-order valence-electron chi connectivity index (χ1n) is 6.64. The van der Waals surface area contributed by atoms with Crippen molar-refractivity contribution in [3.05, 3.63) is 18.2 Å². The van der Waals surface area contributed by atoms with E-state index in [2.05, 4.69) is 23.8 Å². The third kappa shape index (κ3) is 2.76. The number of rotatable bonds is 5. The Morgan fingerprint density at radius 3 is 2.71 bits per heavy atom. The van der Waals surface area contributed by atoms with Crippen molar-refractivity contribution in [1.29, 1.82) is 0 Å². The van der Waals surface area contributed by atoms with Gasteiger partial charge in [-0.1, -0.05) is 26.7 Å². The molecule has 1 aliphatic rings. The Labute approximate surface area is 103 Å². The molecule has 0 saturated heterocycles. The van der Waals surface area contributed by atoms with Crippen LogP contribution in [0.1, 0.15) is 51.8 Å². The molecule has 1 fully saturated rings. The summed E-state index contributed by atoms with van der Waals surface area (Å²) in [6, 6.07) is 0. The minimum Gasteiger partial charge on any atom is -0.348 e. The number of carbonyl (C=O) groups is 1. The average molecular weight is 234 g/mol. The van der Waals surface area contributed by atoms with Crippen molar-refractivity contribution in [2.24, 2.45) is 11.3 Å². The number of aromatic nitrogens is 2. The van der Waals surface area contributed by atoms with Gasteiger partial charge in [-0.2, -0.15) is 0 Å². The van der Waals surface area contributed by atoms with Gasteiger partial charge in [-0.15, -0.1) is 0 Å². The molecule has 0 bridgehead atoms. The van der Waals surface area contributed by atoms with Gasteiger partial charge in [0.1, 0.15) is 11.6 Å². The van der Waals surface area contributed by atoms with E-state index in [1.54, 1.807) is 12.4 Å². The fourth-order valence-corrected chi connectivity index (χ4v) is 3.16. The highest BCUT2D eigenvalue weighted by Gasteiger charge is 2.40. The Hall–Kier alpha value is -1.12. The Morgan fingerprint density at radius 1 is 1.47 bits per heavy atom. The van der Waals surface area contributed by atoms with Crippen molar-refractivity contribution in [1.82, 2.24) is 9.97 Å². The molecular formula is C14H22N2O. The summed E-state index contributed by atoms with van der Waals surface area (Å²) in [5.41, 5.74) is -0.0546. The Bertz CT molecular complexity index is 362. The maximum absolute atomic E-state index is 12.5. The van der Waals surface area contributed by atoms with Gasteiger partial charge in [-0.05, 0) is 25.2 Å². The molecule has 0 amide bonds. The van der Waals surface area contributed by atoms with E-state index in [0.717, 1.165) is 25.1 Å². The molecule has 1 aromatic heterocycles. The zero-order valence-electron chi connectivity index (χ0n) is 10.8. The van der Waals surface area contributed by atoms with Gasteiger partial charge in [0, 0.05) is 17.8 Å². The molecule has 1 aliphatic carbocycles. The van der Waals surface area contributed by atoms with Gasteiger partial charge >= 0.3 is 0 Å². The van der Waals surface area contributed by atoms with Gasteiger partial charge < -0.3 is 4.98 Å². The quantitative estimate of drug-likeness (QED) is 0.850. The molecule has 0 atom stereocenters. The van der Waals surface area contributed by atoms with Gasteiger partial charge in [0.25, 0.3) is 0 Å². The van der Waals surface area contributed by atoms with Gasteiger partial charge in [-0.25, -0.2) is 4.98 Å². The molecule has 3 nitrogen and oxygen atoms in total. The number of hydrogen-bond acceptors (Lipinski definition) is 2. The van der Waals surface area contributed by atoms with Crippen molar-refractivity contribution in [3.8, 4) is 0 Å². The van der Waals surface area contributed by atoms with Crippen LogP contribution >= 0.6 is 0 Å². The number of H-pyrrole nitrogens is 1. The first-order chi connectivity index (χ1) is 8.12. The summed E-state index contributed by atoms with van der Waals surface area (Å²) < 4.78 is 0. The third-order valence-electron chi connectivity index (χ3n) is 3.83. The predicted molar refractivity (Wildman–Crippen MR) is 67.7 cm³/mol. The van der Waals surface area contributed by atoms with Crippen molar-refractivity contribution in [2.45, 2.75) is 52.4 Å². The van der Waals surface area contributed by atoms with E-state index in [4.69, 9.17) is 0 Å². The van der Waals surface area contributed by atoms with Crippen molar-refractivity contribution in [3.63, 3.8) is 0 Å². The Morgan fingerprint density at radius 2 is 2.18 bits per heavy atom. The van der Waals surface area contributed by atoms with Crippen molar-refractivity contribution >= 4 is 5.78 Å². The molecule has 1 heterocycles. The molecular weight excluding hydrogens is 212 g/mol. The zero-order chi connectivity index (χ0) is 12.3. The molecule has 94 valence electrons. The van der Waals surface area contributed by atoms with Gasteiger partial charge in [0.05, 0.1) is 6.42 Å². The second-order valence-electron chi connectivity index (χ2n) is 5.72. The van der Waals surface area contributed by atoms with E-state index < -0.39 is 0 Å². The highest BCUT2D eigenvalue weighted by atomic mass is 16.1. The molecule has 2 rings (SSSR count). The maximum atomic E-state index is 12.5. The van der Waals surface area contributed by atoms with Crippen LogP contribution in [0.2, 0.25) is 0 Å². The number of Topliss-reactive ketones (excluding diaryl/α,β-unsaturated/α-hetero) is 1. The molecule has 0 unspecified atom stereocenters. The van der Waals surface area contributed by atoms with E-state index >= 15 is 0 Å². The van der Waals surface area contributed by atoms with E-state index in [1.165, 1.54) is 12.8 Å². The highest BCUT2D eigenvalue weighted by Crippen LogP contribution is 2.44. The minimum atomic E-state index is -0.0546. The summed E-state index contributed by atoms with van der Waals surface area (Å²) in [6.45, 7) is 4.42. The molecule has 3 heteroatoms. The molecule has 0 radical (unpaired) electrons. The lowest BCUT2D eigenvalue weighted by Gasteiger charge is -2.29. The lowest BCUT2D eigenvalue weighted by Crippen LogP contribution is -2.31. The molecule has 0 spiro atoms. The summed E-state index contributed by atoms with van der Waals surface area (Å²) in [5, 5.41) is 0. The van der Waals surface area contributed by atoms with E-state index in [1.807, 2.05) is 0 Å². The molecule has 0 aliphatic heterocycles. The number of carbonyl (C=O) groups excluding carboxylic acids is 1. The van der Waals surface area contributed by atoms with Crippen LogP contribution in [-0.2, 0) is 11.2 Å². The summed E-state index contributed by atoms with van der Waals surface area (Å²) >= 11 is 0. The lowest BCUT2D eigenvalue weighted by atomic mass is 9.74. The number of nitrogens with zero attached hydrogens (tertiary/aromatic N) is 1. The number of aromatic amines is 1. The van der Waals surface area contributed by atoms with Crippen LogP contribution in [0.15, 0.2) is 12.4 Å². The summed E-state index contributed by atoms with van der Waals surface area (Å²) in [6.07, 6.45) is 9.56. The Kier molecular flexibility index (Phi) is 3.65. The largest absolute Gasteiger partial charge is 0.348 e. The number of hydrogen-bond donors (Lipinski definition) is 1. The maximum Gasteiger partial charge on any atom is 0.146 e. The number of imidazole rings is 1. The molecule has 17 heavy (non-hydrogen) atoms. The SMILES string of the molecule is CC(C)CC1(C(=O)Cc2ncc[nH]2)CCCC1. The van der Waals surface area contributed by atoms with Crippen molar-refractivity contribution < 1.29 is 4.79 Å². The predicted octanol–water partition coefficient (Wildman–Crippen LogP) is 3.13. The summed E-state index contributed by atoms with van der Waals surface area (Å²) in [7, 11) is 0. The van der Waals surface area contributed by atoms with Crippen LogP contribution < -0.4 is 0 Å². The highest BCUT2D eigenvalue weighted by molar-refractivity contribution is 5.86. The minimum absolute atomic E-state index is 0.0546. The fourth-order valence-electron chi connectivity index (χ4n) is 3.16. The lowest BCUT2D eigenvalue weighted by molar-refractivity contribution is -0.128. The topological polar surface area (TPSA) is 45.8 Å². The van der Waals surface area contributed by atoms with Crippen LogP contribution in [0.4, 0.5) is 0 Å². The van der Waals surface area contributed by atoms with E-state index in [-0.39, 0.29) is 5.41 Å². The molecule has 1 aromatic rings. The van der Waals surface area contributed by atoms with Gasteiger partial charge in [0.15, 0.2) is 0 Å². The first kappa shape index (κ1) is 12.3. The van der Waals surface area contributed by atoms with Crippen LogP contribution in [-0.4, -0.2) is 15.8 Å². The average Bonchev–Trinajstić information content (AvgIpc) is 2.88. The van der Waals surface area contributed by atoms with E-state index in [9.17, 15) is 4.79 Å². The van der Waals surface area contributed by atoms with Gasteiger partial charge in [0.2, 0.25) is 0 Å². The molecule has 1 saturated carbocycles. The Balaban J connectivity index is 2.08. The van der Waals surface area contributed by atoms with Crippen LogP contribution in [0.3, 0.4) is 0 Å². The zero-order valence-corrected chi connectivity index (χ0v) is 10.8. The molecule has 1 N–H and O–H groups in total. The molecule has 0 aromatic carbocycles. The second kappa shape index (κ2) is 5.03. The van der Waals surface area contributed by atoms with E-state index in [0.29, 0.717) is 18.1 Å². The monoisotopic (exact) mass is 234 g/mol. The van der Waals surface area contributed by atoms with Crippen molar-refractivity contribution in [2.75, 3.05) is 0 Å². The fraction of sp³-hybridized carbons (Fsp3) is 0.714. The van der Waals surface area contributed by atoms with Gasteiger partial charge in [-0.3, -0.25) is 4.79 Å². The van der Waals surface area contributed by atoms with Crippen LogP contribution in [0.25, 0.3) is 0 Å². The number of ketones is 1.